The highest BCUT2D eigenvalue weighted by molar-refractivity contribution is 6.30. The molecule has 20 heavy (non-hydrogen) atoms. The van der Waals surface area contributed by atoms with Gasteiger partial charge in [0, 0.05) is 18.2 Å². The number of nitrogens with one attached hydrogen (secondary N) is 1. The second kappa shape index (κ2) is 6.38. The Hall–Kier alpha value is -1.38. The molecule has 2 rings (SSSR count). The molecule has 0 fully saturated rings. The Bertz CT molecular complexity index is 610. The highest BCUT2D eigenvalue weighted by Crippen LogP contribution is 2.21. The first-order chi connectivity index (χ1) is 9.49. The largest absolute Gasteiger partial charge is 0.306 e. The van der Waals surface area contributed by atoms with E-state index in [-0.39, 0.29) is 16.9 Å². The zero-order chi connectivity index (χ0) is 14.7. The van der Waals surface area contributed by atoms with Crippen LogP contribution in [0.1, 0.15) is 35.2 Å². The molecule has 1 unspecified atom stereocenters. The van der Waals surface area contributed by atoms with Crippen LogP contribution in [-0.4, -0.2) is 0 Å². The predicted molar refractivity (Wildman–Crippen MR) is 82.6 cm³/mol. The number of aryl methyl sites for hydroxylation is 2. The van der Waals surface area contributed by atoms with Crippen molar-refractivity contribution in [2.45, 2.75) is 33.4 Å². The van der Waals surface area contributed by atoms with Crippen LogP contribution in [0.2, 0.25) is 5.02 Å². The lowest BCUT2D eigenvalue weighted by molar-refractivity contribution is 0.543. The fourth-order valence-electron chi connectivity index (χ4n) is 2.37. The summed E-state index contributed by atoms with van der Waals surface area (Å²) < 4.78 is 13.8. The second-order valence-electron chi connectivity index (χ2n) is 5.18. The van der Waals surface area contributed by atoms with Gasteiger partial charge >= 0.3 is 0 Å². The molecule has 0 amide bonds. The molecule has 0 spiro atoms. The second-order valence-corrected chi connectivity index (χ2v) is 5.58. The molecule has 0 bridgehead atoms. The van der Waals surface area contributed by atoms with Crippen LogP contribution < -0.4 is 5.32 Å². The Morgan fingerprint density at radius 1 is 1.20 bits per heavy atom. The van der Waals surface area contributed by atoms with Crippen molar-refractivity contribution in [3.63, 3.8) is 0 Å². The third-order valence-corrected chi connectivity index (χ3v) is 3.81. The molecule has 1 N–H and O–H groups in total. The SMILES string of the molecule is Cc1ccc(C(C)NCc2cccc(Cl)c2F)c(C)c1. The quantitative estimate of drug-likeness (QED) is 0.841. The summed E-state index contributed by atoms with van der Waals surface area (Å²) in [5.41, 5.74) is 4.32. The first kappa shape index (κ1) is 15.0. The normalized spacial score (nSPS) is 12.4. The van der Waals surface area contributed by atoms with Crippen molar-refractivity contribution >= 4 is 11.6 Å². The van der Waals surface area contributed by atoms with E-state index in [4.69, 9.17) is 11.6 Å². The van der Waals surface area contributed by atoms with Crippen LogP contribution in [0.5, 0.6) is 0 Å². The molecular formula is C17H19ClFN. The van der Waals surface area contributed by atoms with Gasteiger partial charge in [-0.3, -0.25) is 0 Å². The molecule has 0 saturated heterocycles. The van der Waals surface area contributed by atoms with Crippen molar-refractivity contribution in [1.82, 2.24) is 5.32 Å². The van der Waals surface area contributed by atoms with E-state index in [0.29, 0.717) is 12.1 Å². The Kier molecular flexibility index (Phi) is 4.79. The van der Waals surface area contributed by atoms with Gasteiger partial charge in [0.2, 0.25) is 0 Å². The number of benzene rings is 2. The van der Waals surface area contributed by atoms with Crippen LogP contribution in [-0.2, 0) is 6.54 Å². The lowest BCUT2D eigenvalue weighted by Gasteiger charge is -2.17. The summed E-state index contributed by atoms with van der Waals surface area (Å²) in [6, 6.07) is 11.6. The molecular weight excluding hydrogens is 273 g/mol. The maximum Gasteiger partial charge on any atom is 0.146 e. The molecule has 0 aliphatic carbocycles. The minimum atomic E-state index is -0.338. The topological polar surface area (TPSA) is 12.0 Å². The maximum absolute atomic E-state index is 13.8. The van der Waals surface area contributed by atoms with E-state index in [2.05, 4.69) is 44.3 Å². The molecule has 0 radical (unpaired) electrons. The third-order valence-electron chi connectivity index (χ3n) is 3.52. The average molecular weight is 292 g/mol. The van der Waals surface area contributed by atoms with E-state index in [1.807, 2.05) is 0 Å². The standard InChI is InChI=1S/C17H19ClFN/c1-11-7-8-15(12(2)9-11)13(3)20-10-14-5-4-6-16(18)17(14)19/h4-9,13,20H,10H2,1-3H3. The highest BCUT2D eigenvalue weighted by Gasteiger charge is 2.10. The van der Waals surface area contributed by atoms with E-state index >= 15 is 0 Å². The number of hydrogen-bond acceptors (Lipinski definition) is 1. The van der Waals surface area contributed by atoms with Crippen molar-refractivity contribution in [3.05, 3.63) is 69.5 Å². The van der Waals surface area contributed by atoms with E-state index < -0.39 is 0 Å². The van der Waals surface area contributed by atoms with Gasteiger partial charge in [0.25, 0.3) is 0 Å². The Balaban J connectivity index is 2.08. The Morgan fingerprint density at radius 3 is 2.65 bits per heavy atom. The number of hydrogen-bond donors (Lipinski definition) is 1. The van der Waals surface area contributed by atoms with Gasteiger partial charge in [0.05, 0.1) is 5.02 Å². The van der Waals surface area contributed by atoms with Crippen LogP contribution in [0.25, 0.3) is 0 Å². The van der Waals surface area contributed by atoms with Crippen LogP contribution in [0.3, 0.4) is 0 Å². The highest BCUT2D eigenvalue weighted by atomic mass is 35.5. The molecule has 0 saturated carbocycles. The van der Waals surface area contributed by atoms with Gasteiger partial charge in [0.1, 0.15) is 5.82 Å². The minimum Gasteiger partial charge on any atom is -0.306 e. The lowest BCUT2D eigenvalue weighted by Crippen LogP contribution is -2.19. The van der Waals surface area contributed by atoms with Crippen molar-refractivity contribution in [1.29, 1.82) is 0 Å². The molecule has 106 valence electrons. The Morgan fingerprint density at radius 2 is 1.95 bits per heavy atom. The third kappa shape index (κ3) is 3.38. The minimum absolute atomic E-state index is 0.161. The summed E-state index contributed by atoms with van der Waals surface area (Å²) >= 11 is 5.79. The summed E-state index contributed by atoms with van der Waals surface area (Å²) in [5, 5.41) is 3.51. The molecule has 0 aliphatic rings. The molecule has 2 aromatic carbocycles. The van der Waals surface area contributed by atoms with Gasteiger partial charge in [-0.25, -0.2) is 4.39 Å². The number of rotatable bonds is 4. The summed E-state index contributed by atoms with van der Waals surface area (Å²) in [4.78, 5) is 0. The van der Waals surface area contributed by atoms with Crippen LogP contribution in [0, 0.1) is 19.7 Å². The van der Waals surface area contributed by atoms with E-state index in [1.165, 1.54) is 16.7 Å². The van der Waals surface area contributed by atoms with Gasteiger partial charge in [-0.2, -0.15) is 0 Å². The molecule has 2 aromatic rings. The van der Waals surface area contributed by atoms with Crippen LogP contribution in [0.4, 0.5) is 4.39 Å². The zero-order valence-electron chi connectivity index (χ0n) is 12.0. The molecule has 0 heterocycles. The van der Waals surface area contributed by atoms with Crippen molar-refractivity contribution in [2.24, 2.45) is 0 Å². The van der Waals surface area contributed by atoms with E-state index in [9.17, 15) is 4.39 Å². The van der Waals surface area contributed by atoms with E-state index in [1.54, 1.807) is 18.2 Å². The van der Waals surface area contributed by atoms with Crippen molar-refractivity contribution in [3.8, 4) is 0 Å². The monoisotopic (exact) mass is 291 g/mol. The van der Waals surface area contributed by atoms with Gasteiger partial charge in [-0.1, -0.05) is 47.5 Å². The van der Waals surface area contributed by atoms with Gasteiger partial charge in [0.15, 0.2) is 0 Å². The smallest absolute Gasteiger partial charge is 0.146 e. The summed E-state index contributed by atoms with van der Waals surface area (Å²) in [6.45, 7) is 6.72. The number of halogens is 2. The van der Waals surface area contributed by atoms with E-state index in [0.717, 1.165) is 0 Å². The van der Waals surface area contributed by atoms with Crippen LogP contribution in [0.15, 0.2) is 36.4 Å². The lowest BCUT2D eigenvalue weighted by atomic mass is 10.00. The predicted octanol–water partition coefficient (Wildman–Crippen LogP) is 4.95. The fraction of sp³-hybridized carbons (Fsp3) is 0.294. The average Bonchev–Trinajstić information content (AvgIpc) is 2.40. The first-order valence-electron chi connectivity index (χ1n) is 6.72. The Labute approximate surface area is 124 Å². The van der Waals surface area contributed by atoms with Gasteiger partial charge in [-0.05, 0) is 38.0 Å². The van der Waals surface area contributed by atoms with Crippen molar-refractivity contribution < 1.29 is 4.39 Å². The van der Waals surface area contributed by atoms with Crippen LogP contribution >= 0.6 is 11.6 Å². The first-order valence-corrected chi connectivity index (χ1v) is 7.10. The van der Waals surface area contributed by atoms with Gasteiger partial charge < -0.3 is 5.32 Å². The molecule has 1 atom stereocenters. The molecule has 3 heteroatoms. The van der Waals surface area contributed by atoms with Gasteiger partial charge in [-0.15, -0.1) is 0 Å². The summed E-state index contributed by atoms with van der Waals surface area (Å²) in [5.74, 6) is -0.338. The zero-order valence-corrected chi connectivity index (χ0v) is 12.8. The maximum atomic E-state index is 13.8. The summed E-state index contributed by atoms with van der Waals surface area (Å²) in [6.07, 6.45) is 0. The van der Waals surface area contributed by atoms with Crippen molar-refractivity contribution in [2.75, 3.05) is 0 Å². The fourth-order valence-corrected chi connectivity index (χ4v) is 2.56. The molecule has 0 aromatic heterocycles. The summed E-state index contributed by atoms with van der Waals surface area (Å²) in [7, 11) is 0. The molecule has 0 aliphatic heterocycles. The molecule has 1 nitrogen and oxygen atoms in total.